The normalized spacial score (nSPS) is 18.2. The summed E-state index contributed by atoms with van der Waals surface area (Å²) in [7, 11) is 0. The average Bonchev–Trinajstić information content (AvgIpc) is 3.11. The number of aromatic nitrogens is 3. The van der Waals surface area contributed by atoms with Gasteiger partial charge in [-0.3, -0.25) is 10.1 Å². The highest BCUT2D eigenvalue weighted by Crippen LogP contribution is 2.38. The molecule has 1 aromatic heterocycles. The molecule has 0 radical (unpaired) electrons. The zero-order valence-corrected chi connectivity index (χ0v) is 16.4. The van der Waals surface area contributed by atoms with Crippen LogP contribution >= 0.6 is 11.6 Å². The lowest BCUT2D eigenvalue weighted by Gasteiger charge is -2.31. The van der Waals surface area contributed by atoms with Crippen molar-refractivity contribution in [1.29, 1.82) is 0 Å². The number of nitrogens with one attached hydrogen (secondary N) is 2. The molecule has 3 aromatic rings. The van der Waals surface area contributed by atoms with E-state index < -0.39 is 0 Å². The van der Waals surface area contributed by atoms with Crippen LogP contribution in [0.2, 0.25) is 5.02 Å². The van der Waals surface area contributed by atoms with E-state index in [-0.39, 0.29) is 18.0 Å². The van der Waals surface area contributed by atoms with E-state index in [9.17, 15) is 4.79 Å². The van der Waals surface area contributed by atoms with Crippen molar-refractivity contribution in [2.24, 2.45) is 0 Å². The number of fused-ring (bicyclic) bond motifs is 1. The summed E-state index contributed by atoms with van der Waals surface area (Å²) in [6.45, 7) is 1.97. The third-order valence-corrected chi connectivity index (χ3v) is 5.13. The summed E-state index contributed by atoms with van der Waals surface area (Å²) in [4.78, 5) is 16.5. The zero-order valence-electron chi connectivity index (χ0n) is 15.6. The molecule has 1 aliphatic heterocycles. The van der Waals surface area contributed by atoms with E-state index >= 15 is 0 Å². The molecule has 4 rings (SSSR count). The minimum atomic E-state index is -0.0758. The number of hydrogen-bond acceptors (Lipinski definition) is 4. The maximum Gasteiger partial charge on any atom is 0.250 e. The predicted octanol–water partition coefficient (Wildman–Crippen LogP) is 4.82. The van der Waals surface area contributed by atoms with Crippen molar-refractivity contribution in [1.82, 2.24) is 14.8 Å². The predicted molar refractivity (Wildman–Crippen MR) is 111 cm³/mol. The molecule has 0 aliphatic carbocycles. The molecule has 0 bridgehead atoms. The number of rotatable bonds is 5. The molecule has 6 nitrogen and oxygen atoms in total. The van der Waals surface area contributed by atoms with Crippen molar-refractivity contribution in [3.8, 4) is 0 Å². The van der Waals surface area contributed by atoms with Crippen LogP contribution in [0.25, 0.3) is 0 Å². The first-order chi connectivity index (χ1) is 13.6. The largest absolute Gasteiger partial charge is 0.347 e. The van der Waals surface area contributed by atoms with Crippen molar-refractivity contribution >= 4 is 29.4 Å². The van der Waals surface area contributed by atoms with Crippen LogP contribution < -0.4 is 10.6 Å². The quantitative estimate of drug-likeness (QED) is 0.649. The Morgan fingerprint density at radius 2 is 1.93 bits per heavy atom. The van der Waals surface area contributed by atoms with Crippen molar-refractivity contribution in [3.63, 3.8) is 0 Å². The molecule has 0 spiro atoms. The minimum absolute atomic E-state index is 0.0111. The second-order valence-electron chi connectivity index (χ2n) is 6.91. The summed E-state index contributed by atoms with van der Waals surface area (Å²) in [5.74, 6) is 0.897. The first-order valence-corrected chi connectivity index (χ1v) is 9.85. The maximum absolute atomic E-state index is 12.0. The Labute approximate surface area is 168 Å². The second kappa shape index (κ2) is 8.02. The summed E-state index contributed by atoms with van der Waals surface area (Å²) in [5.41, 5.74) is 2.29. The van der Waals surface area contributed by atoms with E-state index in [1.165, 1.54) is 5.56 Å². The highest BCUT2D eigenvalue weighted by molar-refractivity contribution is 6.30. The standard InChI is InChI=1S/C21H22ClN5O/c1-2-6-19(28)24-20-25-21-23-17(14-7-4-3-5-8-14)13-18(27(21)26-20)15-9-11-16(22)12-10-15/h3-5,7-12,17-18H,2,6,13H2,1H3,(H2,23,24,25,26,28)/t17-,18+/m0/s1. The van der Waals surface area contributed by atoms with E-state index in [1.54, 1.807) is 0 Å². The Balaban J connectivity index is 1.69. The van der Waals surface area contributed by atoms with Gasteiger partial charge < -0.3 is 5.32 Å². The fourth-order valence-corrected chi connectivity index (χ4v) is 3.64. The fraction of sp³-hybridized carbons (Fsp3) is 0.286. The lowest BCUT2D eigenvalue weighted by molar-refractivity contribution is -0.116. The number of halogens is 1. The smallest absolute Gasteiger partial charge is 0.250 e. The summed E-state index contributed by atoms with van der Waals surface area (Å²) in [6, 6.07) is 18.2. The van der Waals surface area contributed by atoms with Crippen LogP contribution in [0.15, 0.2) is 54.6 Å². The SMILES string of the molecule is CCCC(=O)Nc1nc2n(n1)[C@@H](c1ccc(Cl)cc1)C[C@@H](c1ccccc1)N2. The molecule has 1 aliphatic rings. The highest BCUT2D eigenvalue weighted by atomic mass is 35.5. The van der Waals surface area contributed by atoms with Gasteiger partial charge in [-0.25, -0.2) is 4.68 Å². The molecule has 144 valence electrons. The van der Waals surface area contributed by atoms with Gasteiger partial charge in [-0.05, 0) is 36.1 Å². The molecule has 2 aromatic carbocycles. The molecule has 0 unspecified atom stereocenters. The lowest BCUT2D eigenvalue weighted by Crippen LogP contribution is -2.28. The fourth-order valence-electron chi connectivity index (χ4n) is 3.51. The number of benzene rings is 2. The summed E-state index contributed by atoms with van der Waals surface area (Å²) in [6.07, 6.45) is 2.04. The van der Waals surface area contributed by atoms with Crippen molar-refractivity contribution in [2.75, 3.05) is 10.6 Å². The third kappa shape index (κ3) is 3.87. The number of nitrogens with zero attached hydrogens (tertiary/aromatic N) is 3. The Bertz CT molecular complexity index is 955. The number of hydrogen-bond donors (Lipinski definition) is 2. The lowest BCUT2D eigenvalue weighted by atomic mass is 9.93. The monoisotopic (exact) mass is 395 g/mol. The van der Waals surface area contributed by atoms with Gasteiger partial charge in [0.1, 0.15) is 0 Å². The van der Waals surface area contributed by atoms with E-state index in [1.807, 2.05) is 54.1 Å². The summed E-state index contributed by atoms with van der Waals surface area (Å²) >= 11 is 6.07. The Morgan fingerprint density at radius 1 is 1.18 bits per heavy atom. The van der Waals surface area contributed by atoms with E-state index in [0.717, 1.165) is 18.4 Å². The van der Waals surface area contributed by atoms with Gasteiger partial charge in [-0.2, -0.15) is 4.98 Å². The van der Waals surface area contributed by atoms with Gasteiger partial charge in [0.2, 0.25) is 11.9 Å². The average molecular weight is 396 g/mol. The molecular weight excluding hydrogens is 374 g/mol. The first kappa shape index (κ1) is 18.5. The third-order valence-electron chi connectivity index (χ3n) is 4.87. The Kier molecular flexibility index (Phi) is 5.30. The van der Waals surface area contributed by atoms with E-state index in [2.05, 4.69) is 32.8 Å². The van der Waals surface area contributed by atoms with Crippen LogP contribution in [0.3, 0.4) is 0 Å². The molecule has 0 saturated carbocycles. The molecule has 2 N–H and O–H groups in total. The zero-order chi connectivity index (χ0) is 19.5. The Morgan fingerprint density at radius 3 is 2.64 bits per heavy atom. The molecule has 7 heteroatoms. The van der Waals surface area contributed by atoms with Crippen molar-refractivity contribution in [2.45, 2.75) is 38.3 Å². The maximum atomic E-state index is 12.0. The number of amides is 1. The van der Waals surface area contributed by atoms with Gasteiger partial charge in [0.05, 0.1) is 12.1 Å². The van der Waals surface area contributed by atoms with Crippen LogP contribution in [0.4, 0.5) is 11.9 Å². The molecule has 0 saturated heterocycles. The first-order valence-electron chi connectivity index (χ1n) is 9.47. The topological polar surface area (TPSA) is 71.8 Å². The van der Waals surface area contributed by atoms with Crippen LogP contribution in [-0.2, 0) is 4.79 Å². The highest BCUT2D eigenvalue weighted by Gasteiger charge is 2.31. The van der Waals surface area contributed by atoms with Crippen LogP contribution in [0, 0.1) is 0 Å². The number of carbonyl (C=O) groups is 1. The molecule has 2 heterocycles. The molecule has 28 heavy (non-hydrogen) atoms. The molecule has 0 fully saturated rings. The minimum Gasteiger partial charge on any atom is -0.347 e. The van der Waals surface area contributed by atoms with Crippen LogP contribution in [-0.4, -0.2) is 20.7 Å². The van der Waals surface area contributed by atoms with Crippen LogP contribution in [0.5, 0.6) is 0 Å². The van der Waals surface area contributed by atoms with E-state index in [4.69, 9.17) is 11.6 Å². The number of carbonyl (C=O) groups excluding carboxylic acids is 1. The van der Waals surface area contributed by atoms with Crippen molar-refractivity contribution < 1.29 is 4.79 Å². The van der Waals surface area contributed by atoms with Gasteiger partial charge >= 0.3 is 0 Å². The van der Waals surface area contributed by atoms with Crippen molar-refractivity contribution in [3.05, 3.63) is 70.7 Å². The number of anilines is 2. The van der Waals surface area contributed by atoms with E-state index in [0.29, 0.717) is 23.3 Å². The van der Waals surface area contributed by atoms with Gasteiger partial charge in [-0.15, -0.1) is 5.10 Å². The summed E-state index contributed by atoms with van der Waals surface area (Å²) in [5, 5.41) is 11.5. The molecular formula is C21H22ClN5O. The Hall–Kier alpha value is -2.86. The summed E-state index contributed by atoms with van der Waals surface area (Å²) < 4.78 is 1.85. The molecule has 1 amide bonds. The molecule has 2 atom stereocenters. The van der Waals surface area contributed by atoms with Gasteiger partial charge in [0, 0.05) is 11.4 Å². The van der Waals surface area contributed by atoms with Gasteiger partial charge in [0.15, 0.2) is 0 Å². The van der Waals surface area contributed by atoms with Gasteiger partial charge in [-0.1, -0.05) is 61.0 Å². The van der Waals surface area contributed by atoms with Crippen LogP contribution in [0.1, 0.15) is 49.4 Å². The van der Waals surface area contributed by atoms with Gasteiger partial charge in [0.25, 0.3) is 5.95 Å². The second-order valence-corrected chi connectivity index (χ2v) is 7.35.